The average molecular weight is 420 g/mol. The summed E-state index contributed by atoms with van der Waals surface area (Å²) in [4.78, 5) is 12.4. The van der Waals surface area contributed by atoms with E-state index in [2.05, 4.69) is 10.5 Å². The van der Waals surface area contributed by atoms with Crippen LogP contribution in [0.4, 0.5) is 5.69 Å². The summed E-state index contributed by atoms with van der Waals surface area (Å²) >= 11 is 0. The monoisotopic (exact) mass is 419 g/mol. The highest BCUT2D eigenvalue weighted by atomic mass is 32.2. The number of nitrogens with one attached hydrogen (secondary N) is 1. The van der Waals surface area contributed by atoms with Gasteiger partial charge in [-0.2, -0.15) is 5.10 Å². The summed E-state index contributed by atoms with van der Waals surface area (Å²) in [7, 11) is -0.713. The second-order valence-corrected chi connectivity index (χ2v) is 8.31. The second kappa shape index (κ2) is 9.42. The SMILES string of the molecule is COc1ccc(/C(C)=N\NC(=O)CN(c2cc(C)ccc2OC)S(C)(=O)=O)cc1. The maximum absolute atomic E-state index is 12.4. The van der Waals surface area contributed by atoms with Gasteiger partial charge >= 0.3 is 0 Å². The highest BCUT2D eigenvalue weighted by Gasteiger charge is 2.24. The van der Waals surface area contributed by atoms with Gasteiger partial charge in [0.25, 0.3) is 5.91 Å². The van der Waals surface area contributed by atoms with Crippen LogP contribution < -0.4 is 19.2 Å². The molecule has 2 aromatic rings. The summed E-state index contributed by atoms with van der Waals surface area (Å²) in [6, 6.07) is 12.3. The standard InChI is InChI=1S/C20H25N3O5S/c1-14-6-11-19(28-4)18(12-14)23(29(5,25)26)13-20(24)22-21-15(2)16-7-9-17(27-3)10-8-16/h6-12H,13H2,1-5H3,(H,22,24)/b21-15-. The Morgan fingerprint density at radius 2 is 1.76 bits per heavy atom. The quantitative estimate of drug-likeness (QED) is 0.523. The molecule has 0 radical (unpaired) electrons. The van der Waals surface area contributed by atoms with Crippen LogP contribution >= 0.6 is 0 Å². The molecule has 0 spiro atoms. The summed E-state index contributed by atoms with van der Waals surface area (Å²) in [5, 5.41) is 4.06. The number of methoxy groups -OCH3 is 2. The molecular formula is C20H25N3O5S. The van der Waals surface area contributed by atoms with Crippen LogP contribution in [-0.2, 0) is 14.8 Å². The van der Waals surface area contributed by atoms with Crippen molar-refractivity contribution >= 4 is 27.3 Å². The molecule has 2 aromatic carbocycles. The number of carbonyl (C=O) groups is 1. The van der Waals surface area contributed by atoms with E-state index in [4.69, 9.17) is 9.47 Å². The molecule has 0 aliphatic heterocycles. The van der Waals surface area contributed by atoms with E-state index in [1.807, 2.05) is 19.1 Å². The number of rotatable bonds is 8. The molecule has 0 unspecified atom stereocenters. The van der Waals surface area contributed by atoms with Crippen molar-refractivity contribution < 1.29 is 22.7 Å². The molecule has 1 amide bonds. The predicted octanol–water partition coefficient (Wildman–Crippen LogP) is 2.32. The molecule has 0 heterocycles. The summed E-state index contributed by atoms with van der Waals surface area (Å²) in [5.74, 6) is 0.486. The molecule has 0 saturated carbocycles. The first-order valence-electron chi connectivity index (χ1n) is 8.75. The third-order valence-corrected chi connectivity index (χ3v) is 5.27. The Kier molecular flexibility index (Phi) is 7.22. The van der Waals surface area contributed by atoms with E-state index >= 15 is 0 Å². The zero-order chi connectivity index (χ0) is 21.6. The fourth-order valence-corrected chi connectivity index (χ4v) is 3.44. The Morgan fingerprint density at radius 1 is 1.10 bits per heavy atom. The van der Waals surface area contributed by atoms with Crippen molar-refractivity contribution in [2.24, 2.45) is 5.10 Å². The summed E-state index contributed by atoms with van der Waals surface area (Å²) in [5.41, 5.74) is 4.90. The highest BCUT2D eigenvalue weighted by Crippen LogP contribution is 2.30. The van der Waals surface area contributed by atoms with Crippen molar-refractivity contribution in [3.63, 3.8) is 0 Å². The Bertz CT molecular complexity index is 1000. The maximum Gasteiger partial charge on any atom is 0.260 e. The lowest BCUT2D eigenvalue weighted by Crippen LogP contribution is -2.39. The van der Waals surface area contributed by atoms with Crippen LogP contribution in [0, 0.1) is 6.92 Å². The van der Waals surface area contributed by atoms with Gasteiger partial charge < -0.3 is 9.47 Å². The minimum atomic E-state index is -3.73. The molecule has 2 rings (SSSR count). The minimum absolute atomic E-state index is 0.293. The van der Waals surface area contributed by atoms with Gasteiger partial charge in [0, 0.05) is 0 Å². The predicted molar refractivity (Wildman–Crippen MR) is 113 cm³/mol. The molecule has 0 fully saturated rings. The van der Waals surface area contributed by atoms with Crippen LogP contribution in [-0.4, -0.2) is 47.1 Å². The Hall–Kier alpha value is -3.07. The fourth-order valence-electron chi connectivity index (χ4n) is 2.58. The first-order valence-corrected chi connectivity index (χ1v) is 10.6. The number of hydrogen-bond donors (Lipinski definition) is 1. The summed E-state index contributed by atoms with van der Waals surface area (Å²) in [6.45, 7) is 3.13. The number of amides is 1. The summed E-state index contributed by atoms with van der Waals surface area (Å²) in [6.07, 6.45) is 1.04. The first kappa shape index (κ1) is 22.2. The van der Waals surface area contributed by atoms with E-state index in [0.29, 0.717) is 22.9 Å². The lowest BCUT2D eigenvalue weighted by atomic mass is 10.1. The number of nitrogens with zero attached hydrogens (tertiary/aromatic N) is 2. The molecule has 8 nitrogen and oxygen atoms in total. The zero-order valence-electron chi connectivity index (χ0n) is 17.1. The van der Waals surface area contributed by atoms with E-state index in [-0.39, 0.29) is 0 Å². The second-order valence-electron chi connectivity index (χ2n) is 6.41. The van der Waals surface area contributed by atoms with Crippen molar-refractivity contribution in [3.8, 4) is 11.5 Å². The fraction of sp³-hybridized carbons (Fsp3) is 0.300. The van der Waals surface area contributed by atoms with Crippen LogP contribution in [0.25, 0.3) is 0 Å². The molecule has 29 heavy (non-hydrogen) atoms. The molecule has 0 bridgehead atoms. The number of hydrazone groups is 1. The molecular weight excluding hydrogens is 394 g/mol. The highest BCUT2D eigenvalue weighted by molar-refractivity contribution is 7.92. The number of ether oxygens (including phenoxy) is 2. The van der Waals surface area contributed by atoms with Crippen LogP contribution in [0.15, 0.2) is 47.6 Å². The van der Waals surface area contributed by atoms with Gasteiger partial charge in [0.05, 0.1) is 31.9 Å². The minimum Gasteiger partial charge on any atom is -0.497 e. The van der Waals surface area contributed by atoms with Crippen molar-refractivity contribution in [1.82, 2.24) is 5.43 Å². The number of sulfonamides is 1. The molecule has 0 aromatic heterocycles. The van der Waals surface area contributed by atoms with Crippen LogP contribution in [0.5, 0.6) is 11.5 Å². The Morgan fingerprint density at radius 3 is 2.31 bits per heavy atom. The van der Waals surface area contributed by atoms with Gasteiger partial charge in [0.1, 0.15) is 18.0 Å². The lowest BCUT2D eigenvalue weighted by molar-refractivity contribution is -0.119. The van der Waals surface area contributed by atoms with E-state index < -0.39 is 22.5 Å². The molecule has 0 atom stereocenters. The van der Waals surface area contributed by atoms with E-state index in [1.165, 1.54) is 7.11 Å². The van der Waals surface area contributed by atoms with Gasteiger partial charge in [-0.05, 0) is 61.4 Å². The molecule has 0 aliphatic carbocycles. The number of benzene rings is 2. The number of carbonyl (C=O) groups excluding carboxylic acids is 1. The topological polar surface area (TPSA) is 97.3 Å². The summed E-state index contributed by atoms with van der Waals surface area (Å²) < 4.78 is 36.0. The van der Waals surface area contributed by atoms with Gasteiger partial charge in [-0.25, -0.2) is 13.8 Å². The largest absolute Gasteiger partial charge is 0.497 e. The van der Waals surface area contributed by atoms with Gasteiger partial charge in [-0.1, -0.05) is 6.07 Å². The number of hydrogen-bond acceptors (Lipinski definition) is 6. The van der Waals surface area contributed by atoms with Crippen LogP contribution in [0.1, 0.15) is 18.1 Å². The van der Waals surface area contributed by atoms with Gasteiger partial charge in [-0.3, -0.25) is 9.10 Å². The van der Waals surface area contributed by atoms with Gasteiger partial charge in [0.15, 0.2) is 0 Å². The number of anilines is 1. The van der Waals surface area contributed by atoms with E-state index in [0.717, 1.165) is 21.7 Å². The third-order valence-electron chi connectivity index (χ3n) is 4.15. The Labute approximate surface area is 171 Å². The molecule has 0 aliphatic rings. The number of aryl methyl sites for hydroxylation is 1. The molecule has 9 heteroatoms. The molecule has 1 N–H and O–H groups in total. The van der Waals surface area contributed by atoms with Gasteiger partial charge in [-0.15, -0.1) is 0 Å². The molecule has 156 valence electrons. The van der Waals surface area contributed by atoms with Crippen molar-refractivity contribution in [3.05, 3.63) is 53.6 Å². The average Bonchev–Trinajstić information content (AvgIpc) is 2.69. The van der Waals surface area contributed by atoms with Crippen LogP contribution in [0.3, 0.4) is 0 Å². The van der Waals surface area contributed by atoms with Crippen molar-refractivity contribution in [1.29, 1.82) is 0 Å². The van der Waals surface area contributed by atoms with Crippen LogP contribution in [0.2, 0.25) is 0 Å². The maximum atomic E-state index is 12.4. The van der Waals surface area contributed by atoms with E-state index in [1.54, 1.807) is 44.4 Å². The molecule has 0 saturated heterocycles. The van der Waals surface area contributed by atoms with E-state index in [9.17, 15) is 13.2 Å². The lowest BCUT2D eigenvalue weighted by Gasteiger charge is -2.23. The Balaban J connectivity index is 2.20. The smallest absolute Gasteiger partial charge is 0.260 e. The van der Waals surface area contributed by atoms with Crippen molar-refractivity contribution in [2.75, 3.05) is 31.3 Å². The first-order chi connectivity index (χ1) is 13.7. The zero-order valence-corrected chi connectivity index (χ0v) is 17.9. The van der Waals surface area contributed by atoms with Gasteiger partial charge in [0.2, 0.25) is 10.0 Å². The third kappa shape index (κ3) is 5.95. The van der Waals surface area contributed by atoms with Crippen molar-refractivity contribution in [2.45, 2.75) is 13.8 Å². The normalized spacial score (nSPS) is 11.7.